The Labute approximate surface area is 63.5 Å². The zero-order valence-corrected chi connectivity index (χ0v) is 5.83. The molecular formula is C6H10N2O3. The van der Waals surface area contributed by atoms with Crippen molar-refractivity contribution in [2.75, 3.05) is 6.61 Å². The Morgan fingerprint density at radius 1 is 1.45 bits per heavy atom. The Kier molecular flexibility index (Phi) is 2.58. The molecule has 0 amide bonds. The fourth-order valence-corrected chi connectivity index (χ4v) is 0.719. The molecule has 2 atom stereocenters. The number of aliphatic hydroxyl groups excluding tert-OH is 3. The second kappa shape index (κ2) is 3.47. The van der Waals surface area contributed by atoms with E-state index >= 15 is 0 Å². The molecule has 3 N–H and O–H groups in total. The minimum atomic E-state index is -1.16. The second-order valence-electron chi connectivity index (χ2n) is 2.17. The molecule has 1 aromatic rings. The first-order valence-corrected chi connectivity index (χ1v) is 3.20. The molecule has 2 unspecified atom stereocenters. The zero-order valence-electron chi connectivity index (χ0n) is 5.83. The highest BCUT2D eigenvalue weighted by Crippen LogP contribution is 2.05. The van der Waals surface area contributed by atoms with Gasteiger partial charge in [-0.2, -0.15) is 0 Å². The van der Waals surface area contributed by atoms with Crippen LogP contribution in [0.1, 0.15) is 6.23 Å². The van der Waals surface area contributed by atoms with Gasteiger partial charge in [-0.25, -0.2) is 4.98 Å². The van der Waals surface area contributed by atoms with Crippen LogP contribution in [0.15, 0.2) is 18.7 Å². The van der Waals surface area contributed by atoms with Crippen LogP contribution >= 0.6 is 0 Å². The van der Waals surface area contributed by atoms with Crippen LogP contribution in [0.25, 0.3) is 0 Å². The van der Waals surface area contributed by atoms with E-state index in [1.54, 1.807) is 0 Å². The Balaban J connectivity index is 2.62. The van der Waals surface area contributed by atoms with E-state index in [0.29, 0.717) is 0 Å². The second-order valence-corrected chi connectivity index (χ2v) is 2.17. The van der Waals surface area contributed by atoms with E-state index in [9.17, 15) is 5.11 Å². The third kappa shape index (κ3) is 1.76. The lowest BCUT2D eigenvalue weighted by atomic mass is 10.3. The average molecular weight is 158 g/mol. The summed E-state index contributed by atoms with van der Waals surface area (Å²) in [5, 5.41) is 26.6. The summed E-state index contributed by atoms with van der Waals surface area (Å²) >= 11 is 0. The molecule has 0 bridgehead atoms. The fraction of sp³-hybridized carbons (Fsp3) is 0.500. The zero-order chi connectivity index (χ0) is 8.27. The molecule has 11 heavy (non-hydrogen) atoms. The number of rotatable bonds is 3. The lowest BCUT2D eigenvalue weighted by Gasteiger charge is -2.15. The molecule has 0 aromatic carbocycles. The van der Waals surface area contributed by atoms with E-state index < -0.39 is 18.9 Å². The highest BCUT2D eigenvalue weighted by atomic mass is 16.4. The number of imidazole rings is 1. The van der Waals surface area contributed by atoms with Gasteiger partial charge in [0.2, 0.25) is 0 Å². The Morgan fingerprint density at radius 2 is 2.18 bits per heavy atom. The maximum Gasteiger partial charge on any atom is 0.159 e. The summed E-state index contributed by atoms with van der Waals surface area (Å²) in [5.41, 5.74) is 0. The molecule has 0 radical (unpaired) electrons. The van der Waals surface area contributed by atoms with Gasteiger partial charge in [0.05, 0.1) is 12.9 Å². The van der Waals surface area contributed by atoms with Gasteiger partial charge < -0.3 is 19.9 Å². The van der Waals surface area contributed by atoms with Crippen LogP contribution in [-0.4, -0.2) is 37.6 Å². The normalized spacial score (nSPS) is 16.3. The quantitative estimate of drug-likeness (QED) is 0.512. The number of aromatic nitrogens is 2. The molecule has 0 aliphatic rings. The van der Waals surface area contributed by atoms with E-state index in [4.69, 9.17) is 10.2 Å². The molecule has 0 fully saturated rings. The van der Waals surface area contributed by atoms with Gasteiger partial charge in [-0.15, -0.1) is 0 Å². The molecule has 5 heteroatoms. The maximum absolute atomic E-state index is 9.19. The van der Waals surface area contributed by atoms with E-state index in [-0.39, 0.29) is 0 Å². The third-order valence-electron chi connectivity index (χ3n) is 1.36. The van der Waals surface area contributed by atoms with E-state index in [0.717, 1.165) is 0 Å². The Morgan fingerprint density at radius 3 is 2.64 bits per heavy atom. The molecule has 1 rings (SSSR count). The summed E-state index contributed by atoms with van der Waals surface area (Å²) in [5.74, 6) is 0. The molecule has 0 aliphatic carbocycles. The number of hydrogen-bond donors (Lipinski definition) is 3. The third-order valence-corrected chi connectivity index (χ3v) is 1.36. The maximum atomic E-state index is 9.19. The average Bonchev–Trinajstić information content (AvgIpc) is 2.53. The topological polar surface area (TPSA) is 78.5 Å². The van der Waals surface area contributed by atoms with Crippen molar-refractivity contribution in [2.24, 2.45) is 0 Å². The van der Waals surface area contributed by atoms with Crippen molar-refractivity contribution in [1.82, 2.24) is 9.55 Å². The van der Waals surface area contributed by atoms with Crippen LogP contribution in [0.5, 0.6) is 0 Å². The first-order valence-electron chi connectivity index (χ1n) is 3.20. The van der Waals surface area contributed by atoms with Gasteiger partial charge >= 0.3 is 0 Å². The molecule has 0 aliphatic heterocycles. The molecule has 5 nitrogen and oxygen atoms in total. The summed E-state index contributed by atoms with van der Waals surface area (Å²) in [4.78, 5) is 3.67. The van der Waals surface area contributed by atoms with Gasteiger partial charge in [0, 0.05) is 12.4 Å². The van der Waals surface area contributed by atoms with Crippen LogP contribution in [0, 0.1) is 0 Å². The van der Waals surface area contributed by atoms with Gasteiger partial charge in [-0.05, 0) is 0 Å². The van der Waals surface area contributed by atoms with E-state index in [2.05, 4.69) is 4.98 Å². The van der Waals surface area contributed by atoms with Crippen molar-refractivity contribution >= 4 is 0 Å². The Hall–Kier alpha value is -0.910. The highest BCUT2D eigenvalue weighted by molar-refractivity contribution is 4.78. The van der Waals surface area contributed by atoms with Crippen LogP contribution in [0.3, 0.4) is 0 Å². The standard InChI is InChI=1S/C6H10N2O3/c9-3-5(10)6(11)8-2-1-7-4-8/h1-2,4-6,9-11H,3H2. The minimum absolute atomic E-state index is 0.473. The minimum Gasteiger partial charge on any atom is -0.394 e. The van der Waals surface area contributed by atoms with Gasteiger partial charge in [0.15, 0.2) is 6.23 Å². The molecule has 0 saturated carbocycles. The number of aliphatic hydroxyl groups is 3. The summed E-state index contributed by atoms with van der Waals surface area (Å²) < 4.78 is 1.31. The van der Waals surface area contributed by atoms with Crippen molar-refractivity contribution in [1.29, 1.82) is 0 Å². The molecule has 0 saturated heterocycles. The molecular weight excluding hydrogens is 148 g/mol. The lowest BCUT2D eigenvalue weighted by Crippen LogP contribution is -2.26. The monoisotopic (exact) mass is 158 g/mol. The molecule has 62 valence electrons. The van der Waals surface area contributed by atoms with Crippen molar-refractivity contribution < 1.29 is 15.3 Å². The van der Waals surface area contributed by atoms with Crippen LogP contribution in [0.4, 0.5) is 0 Å². The summed E-state index contributed by atoms with van der Waals surface area (Å²) in [6, 6.07) is 0. The molecule has 1 heterocycles. The Bertz CT molecular complexity index is 200. The first-order chi connectivity index (χ1) is 5.25. The van der Waals surface area contributed by atoms with Crippen molar-refractivity contribution in [2.45, 2.75) is 12.3 Å². The summed E-state index contributed by atoms with van der Waals surface area (Å²) in [6.07, 6.45) is 2.06. The van der Waals surface area contributed by atoms with Crippen LogP contribution < -0.4 is 0 Å². The van der Waals surface area contributed by atoms with Gasteiger partial charge in [0.25, 0.3) is 0 Å². The van der Waals surface area contributed by atoms with E-state index in [1.807, 2.05) is 0 Å². The van der Waals surface area contributed by atoms with Crippen LogP contribution in [-0.2, 0) is 0 Å². The fourth-order valence-electron chi connectivity index (χ4n) is 0.719. The molecule has 1 aromatic heterocycles. The predicted molar refractivity (Wildman–Crippen MR) is 36.6 cm³/mol. The van der Waals surface area contributed by atoms with Gasteiger partial charge in [-0.3, -0.25) is 0 Å². The largest absolute Gasteiger partial charge is 0.394 e. The van der Waals surface area contributed by atoms with Gasteiger partial charge in [0.1, 0.15) is 6.10 Å². The van der Waals surface area contributed by atoms with E-state index in [1.165, 1.54) is 23.3 Å². The van der Waals surface area contributed by atoms with Crippen molar-refractivity contribution in [3.63, 3.8) is 0 Å². The highest BCUT2D eigenvalue weighted by Gasteiger charge is 2.15. The van der Waals surface area contributed by atoms with Gasteiger partial charge in [-0.1, -0.05) is 0 Å². The SMILES string of the molecule is OCC(O)C(O)n1ccnc1. The molecule has 0 spiro atoms. The summed E-state index contributed by atoms with van der Waals surface area (Å²) in [7, 11) is 0. The van der Waals surface area contributed by atoms with Crippen LogP contribution in [0.2, 0.25) is 0 Å². The van der Waals surface area contributed by atoms with Crippen molar-refractivity contribution in [3.05, 3.63) is 18.7 Å². The number of nitrogens with zero attached hydrogens (tertiary/aromatic N) is 2. The summed E-state index contributed by atoms with van der Waals surface area (Å²) in [6.45, 7) is -0.473. The van der Waals surface area contributed by atoms with Crippen molar-refractivity contribution in [3.8, 4) is 0 Å². The first kappa shape index (κ1) is 8.19. The smallest absolute Gasteiger partial charge is 0.159 e. The number of hydrogen-bond acceptors (Lipinski definition) is 4. The predicted octanol–water partition coefficient (Wildman–Crippen LogP) is -1.27. The lowest BCUT2D eigenvalue weighted by molar-refractivity contribution is -0.0537.